The Morgan fingerprint density at radius 1 is 1.50 bits per heavy atom. The van der Waals surface area contributed by atoms with Crippen LogP contribution in [0.1, 0.15) is 40.5 Å². The first-order chi connectivity index (χ1) is 7.35. The van der Waals surface area contributed by atoms with Crippen molar-refractivity contribution in [3.8, 4) is 6.07 Å². The molecule has 0 aromatic carbocycles. The number of nitriles is 1. The first-order valence-electron chi connectivity index (χ1n) is 5.79. The van der Waals surface area contributed by atoms with Crippen LogP contribution < -0.4 is 0 Å². The van der Waals surface area contributed by atoms with Gasteiger partial charge in [-0.25, -0.2) is 0 Å². The lowest BCUT2D eigenvalue weighted by Crippen LogP contribution is -2.34. The first kappa shape index (κ1) is 12.8. The topological polar surface area (TPSA) is 44.1 Å². The van der Waals surface area contributed by atoms with E-state index in [4.69, 9.17) is 5.26 Å². The fourth-order valence-corrected chi connectivity index (χ4v) is 1.96. The number of amides is 1. The maximum atomic E-state index is 12.1. The van der Waals surface area contributed by atoms with Crippen LogP contribution >= 0.6 is 0 Å². The third-order valence-corrected chi connectivity index (χ3v) is 2.74. The van der Waals surface area contributed by atoms with Gasteiger partial charge in [0, 0.05) is 12.6 Å². The van der Waals surface area contributed by atoms with E-state index in [1.165, 1.54) is 0 Å². The van der Waals surface area contributed by atoms with Crippen molar-refractivity contribution < 1.29 is 4.79 Å². The lowest BCUT2D eigenvalue weighted by atomic mass is 9.93. The van der Waals surface area contributed by atoms with Crippen LogP contribution in [-0.2, 0) is 4.79 Å². The van der Waals surface area contributed by atoms with E-state index in [1.807, 2.05) is 33.8 Å². The normalized spacial score (nSPS) is 22.1. The molecule has 0 saturated carbocycles. The summed E-state index contributed by atoms with van der Waals surface area (Å²) in [5.41, 5.74) is 0.144. The van der Waals surface area contributed by atoms with Crippen molar-refractivity contribution in [2.45, 2.75) is 46.6 Å². The zero-order valence-corrected chi connectivity index (χ0v) is 10.6. The van der Waals surface area contributed by atoms with Gasteiger partial charge >= 0.3 is 0 Å². The molecule has 3 heteroatoms. The van der Waals surface area contributed by atoms with Gasteiger partial charge in [0.25, 0.3) is 5.91 Å². The Labute approximate surface area is 97.7 Å². The van der Waals surface area contributed by atoms with E-state index in [1.54, 1.807) is 11.0 Å². The number of rotatable bonds is 1. The fraction of sp³-hybridized carbons (Fsp3) is 0.692. The Hall–Kier alpha value is -1.30. The summed E-state index contributed by atoms with van der Waals surface area (Å²) >= 11 is 0. The number of likely N-dealkylation sites (tertiary alicyclic amines) is 1. The molecule has 1 rings (SSSR count). The van der Waals surface area contributed by atoms with E-state index in [0.29, 0.717) is 0 Å². The van der Waals surface area contributed by atoms with Gasteiger partial charge in [0.15, 0.2) is 0 Å². The molecule has 1 aliphatic rings. The van der Waals surface area contributed by atoms with E-state index < -0.39 is 0 Å². The lowest BCUT2D eigenvalue weighted by Gasteiger charge is -2.22. The second-order valence-corrected chi connectivity index (χ2v) is 5.53. The minimum atomic E-state index is -0.135. The van der Waals surface area contributed by atoms with Crippen molar-refractivity contribution in [2.24, 2.45) is 5.41 Å². The van der Waals surface area contributed by atoms with Crippen molar-refractivity contribution >= 4 is 5.91 Å². The highest BCUT2D eigenvalue weighted by Crippen LogP contribution is 2.22. The average molecular weight is 220 g/mol. The van der Waals surface area contributed by atoms with Gasteiger partial charge in [-0.3, -0.25) is 4.79 Å². The summed E-state index contributed by atoms with van der Waals surface area (Å²) in [6.07, 6.45) is 3.85. The number of allylic oxidation sites excluding steroid dienone is 1. The van der Waals surface area contributed by atoms with Gasteiger partial charge in [-0.2, -0.15) is 5.26 Å². The number of carbonyl (C=O) groups is 1. The zero-order chi connectivity index (χ0) is 12.3. The SMILES string of the molecule is C[C@@H]1CCCN1C(=O)/C(C#N)=C/C(C)(C)C. The van der Waals surface area contributed by atoms with Gasteiger partial charge in [0.2, 0.25) is 0 Å². The molecule has 0 aromatic rings. The molecule has 0 aliphatic carbocycles. The summed E-state index contributed by atoms with van der Waals surface area (Å²) in [5, 5.41) is 9.04. The molecule has 1 fully saturated rings. The third-order valence-electron chi connectivity index (χ3n) is 2.74. The standard InChI is InChI=1S/C13H20N2O/c1-10-6-5-7-15(10)12(16)11(9-14)8-13(2,3)4/h8,10H,5-7H2,1-4H3/b11-8+/t10-/m1/s1. The molecule has 0 unspecified atom stereocenters. The number of hydrogen-bond donors (Lipinski definition) is 0. The molecule has 0 bridgehead atoms. The number of nitrogens with zero attached hydrogens (tertiary/aromatic N) is 2. The summed E-state index contributed by atoms with van der Waals surface area (Å²) in [7, 11) is 0. The first-order valence-corrected chi connectivity index (χ1v) is 5.79. The van der Waals surface area contributed by atoms with Crippen LogP contribution in [0.2, 0.25) is 0 Å². The molecule has 16 heavy (non-hydrogen) atoms. The molecule has 0 radical (unpaired) electrons. The highest BCUT2D eigenvalue weighted by molar-refractivity contribution is 5.97. The summed E-state index contributed by atoms with van der Waals surface area (Å²) in [5.74, 6) is -0.109. The highest BCUT2D eigenvalue weighted by atomic mass is 16.2. The Kier molecular flexibility index (Phi) is 3.74. The van der Waals surface area contributed by atoms with Crippen molar-refractivity contribution in [1.82, 2.24) is 4.90 Å². The lowest BCUT2D eigenvalue weighted by molar-refractivity contribution is -0.127. The van der Waals surface area contributed by atoms with Crippen LogP contribution in [0.4, 0.5) is 0 Å². The van der Waals surface area contributed by atoms with Gasteiger partial charge in [-0.1, -0.05) is 26.8 Å². The molecule has 3 nitrogen and oxygen atoms in total. The highest BCUT2D eigenvalue weighted by Gasteiger charge is 2.28. The minimum absolute atomic E-state index is 0.109. The van der Waals surface area contributed by atoms with Gasteiger partial charge in [-0.15, -0.1) is 0 Å². The second-order valence-electron chi connectivity index (χ2n) is 5.53. The molecule has 1 heterocycles. The van der Waals surface area contributed by atoms with E-state index in [2.05, 4.69) is 0 Å². The Bertz CT molecular complexity index is 344. The molecule has 1 aliphatic heterocycles. The maximum Gasteiger partial charge on any atom is 0.264 e. The van der Waals surface area contributed by atoms with E-state index in [0.717, 1.165) is 19.4 Å². The summed E-state index contributed by atoms with van der Waals surface area (Å²) in [4.78, 5) is 13.9. The molecule has 1 saturated heterocycles. The quantitative estimate of drug-likeness (QED) is 0.503. The van der Waals surface area contributed by atoms with Crippen LogP contribution in [0.25, 0.3) is 0 Å². The second kappa shape index (κ2) is 4.69. The van der Waals surface area contributed by atoms with Crippen LogP contribution in [0, 0.1) is 16.7 Å². The number of carbonyl (C=O) groups excluding carboxylic acids is 1. The summed E-state index contributed by atoms with van der Waals surface area (Å²) < 4.78 is 0. The van der Waals surface area contributed by atoms with Gasteiger partial charge in [0.1, 0.15) is 11.6 Å². The van der Waals surface area contributed by atoms with E-state index in [-0.39, 0.29) is 22.9 Å². The van der Waals surface area contributed by atoms with Gasteiger partial charge < -0.3 is 4.90 Å². The molecular formula is C13H20N2O. The van der Waals surface area contributed by atoms with E-state index >= 15 is 0 Å². The Balaban J connectivity index is 2.87. The Morgan fingerprint density at radius 3 is 2.50 bits per heavy atom. The molecule has 0 spiro atoms. The van der Waals surface area contributed by atoms with Crippen LogP contribution in [-0.4, -0.2) is 23.4 Å². The van der Waals surface area contributed by atoms with Crippen molar-refractivity contribution in [1.29, 1.82) is 5.26 Å². The van der Waals surface area contributed by atoms with Crippen LogP contribution in [0.5, 0.6) is 0 Å². The van der Waals surface area contributed by atoms with Crippen LogP contribution in [0.3, 0.4) is 0 Å². The molecule has 0 aromatic heterocycles. The smallest absolute Gasteiger partial charge is 0.264 e. The minimum Gasteiger partial charge on any atom is -0.335 e. The Morgan fingerprint density at radius 2 is 2.12 bits per heavy atom. The molecule has 0 N–H and O–H groups in total. The largest absolute Gasteiger partial charge is 0.335 e. The van der Waals surface area contributed by atoms with Crippen molar-refractivity contribution in [2.75, 3.05) is 6.54 Å². The van der Waals surface area contributed by atoms with E-state index in [9.17, 15) is 4.79 Å². The monoisotopic (exact) mass is 220 g/mol. The summed E-state index contributed by atoms with van der Waals surface area (Å²) in [6, 6.07) is 2.29. The molecule has 1 amide bonds. The van der Waals surface area contributed by atoms with Gasteiger partial charge in [0.05, 0.1) is 0 Å². The van der Waals surface area contributed by atoms with Crippen molar-refractivity contribution in [3.63, 3.8) is 0 Å². The predicted octanol–water partition coefficient (Wildman–Crippen LogP) is 2.49. The third kappa shape index (κ3) is 3.10. The zero-order valence-electron chi connectivity index (χ0n) is 10.6. The molecular weight excluding hydrogens is 200 g/mol. The average Bonchev–Trinajstić information content (AvgIpc) is 2.58. The molecule has 88 valence electrons. The van der Waals surface area contributed by atoms with Crippen molar-refractivity contribution in [3.05, 3.63) is 11.6 Å². The predicted molar refractivity (Wildman–Crippen MR) is 63.6 cm³/mol. The fourth-order valence-electron chi connectivity index (χ4n) is 1.96. The van der Waals surface area contributed by atoms with Crippen LogP contribution in [0.15, 0.2) is 11.6 Å². The van der Waals surface area contributed by atoms with Gasteiger partial charge in [-0.05, 0) is 25.2 Å². The molecule has 1 atom stereocenters. The summed E-state index contributed by atoms with van der Waals surface area (Å²) in [6.45, 7) is 8.79. The maximum absolute atomic E-state index is 12.1. The number of hydrogen-bond acceptors (Lipinski definition) is 2.